The van der Waals surface area contributed by atoms with Crippen LogP contribution in [0.4, 0.5) is 0 Å². The molecule has 0 heterocycles. The van der Waals surface area contributed by atoms with Gasteiger partial charge in [-0.25, -0.2) is 4.79 Å². The Labute approximate surface area is 126 Å². The molecule has 2 rings (SSSR count). The molecule has 0 saturated heterocycles. The predicted octanol–water partition coefficient (Wildman–Crippen LogP) is 3.39. The molecule has 4 nitrogen and oxygen atoms in total. The van der Waals surface area contributed by atoms with Crippen LogP contribution in [0.15, 0.2) is 42.5 Å². The summed E-state index contributed by atoms with van der Waals surface area (Å²) in [4.78, 5) is 23.7. The Morgan fingerprint density at radius 3 is 2.48 bits per heavy atom. The Balaban J connectivity index is 2.02. The van der Waals surface area contributed by atoms with Gasteiger partial charge in [0.1, 0.15) is 11.3 Å². The van der Waals surface area contributed by atoms with Crippen LogP contribution in [0.3, 0.4) is 0 Å². The third-order valence-corrected chi connectivity index (χ3v) is 3.21. The third-order valence-electron chi connectivity index (χ3n) is 2.96. The topological polar surface area (TPSA) is 63.6 Å². The molecule has 0 unspecified atom stereocenters. The van der Waals surface area contributed by atoms with Gasteiger partial charge < -0.3 is 9.84 Å². The molecular formula is C16H13ClO4. The fourth-order valence-corrected chi connectivity index (χ4v) is 1.88. The number of halogens is 1. The van der Waals surface area contributed by atoms with Crippen molar-refractivity contribution in [3.63, 3.8) is 0 Å². The van der Waals surface area contributed by atoms with Crippen molar-refractivity contribution >= 4 is 23.4 Å². The number of hydrogen-bond acceptors (Lipinski definition) is 4. The maximum absolute atomic E-state index is 11.9. The van der Waals surface area contributed by atoms with Gasteiger partial charge in [0.05, 0.1) is 0 Å². The van der Waals surface area contributed by atoms with Gasteiger partial charge in [0.2, 0.25) is 0 Å². The van der Waals surface area contributed by atoms with Crippen LogP contribution in [-0.4, -0.2) is 23.5 Å². The molecule has 2 aromatic rings. The number of benzene rings is 2. The van der Waals surface area contributed by atoms with Gasteiger partial charge in [0.15, 0.2) is 12.4 Å². The quantitative estimate of drug-likeness (QED) is 0.694. The smallest absolute Gasteiger partial charge is 0.342 e. The van der Waals surface area contributed by atoms with E-state index in [0.717, 1.165) is 0 Å². The molecule has 0 aliphatic rings. The summed E-state index contributed by atoms with van der Waals surface area (Å²) in [6.45, 7) is 1.28. The van der Waals surface area contributed by atoms with E-state index in [1.165, 1.54) is 6.07 Å². The number of hydrogen-bond donors (Lipinski definition) is 1. The molecule has 5 heteroatoms. The molecule has 108 valence electrons. The zero-order valence-electron chi connectivity index (χ0n) is 11.3. The zero-order chi connectivity index (χ0) is 15.4. The zero-order valence-corrected chi connectivity index (χ0v) is 12.1. The average molecular weight is 305 g/mol. The number of phenols is 1. The van der Waals surface area contributed by atoms with E-state index in [1.807, 2.05) is 0 Å². The van der Waals surface area contributed by atoms with Crippen LogP contribution in [0.1, 0.15) is 26.3 Å². The number of rotatable bonds is 4. The second kappa shape index (κ2) is 6.41. The first-order valence-corrected chi connectivity index (χ1v) is 6.61. The molecule has 0 atom stereocenters. The van der Waals surface area contributed by atoms with Gasteiger partial charge in [-0.15, -0.1) is 0 Å². The SMILES string of the molecule is Cc1cccc(C(=O)OCC(=O)c2ccc(Cl)cc2)c1O. The third kappa shape index (κ3) is 3.61. The van der Waals surface area contributed by atoms with Crippen molar-refractivity contribution in [3.8, 4) is 5.75 Å². The number of ether oxygens (including phenoxy) is 1. The summed E-state index contributed by atoms with van der Waals surface area (Å²) < 4.78 is 4.93. The molecule has 0 radical (unpaired) electrons. The standard InChI is InChI=1S/C16H13ClO4/c1-10-3-2-4-13(15(10)19)16(20)21-9-14(18)11-5-7-12(17)8-6-11/h2-8,19H,9H2,1H3. The maximum atomic E-state index is 11.9. The minimum Gasteiger partial charge on any atom is -0.507 e. The highest BCUT2D eigenvalue weighted by Crippen LogP contribution is 2.22. The van der Waals surface area contributed by atoms with Crippen molar-refractivity contribution in [1.82, 2.24) is 0 Å². The first-order chi connectivity index (χ1) is 9.99. The lowest BCUT2D eigenvalue weighted by Crippen LogP contribution is -2.14. The van der Waals surface area contributed by atoms with E-state index in [4.69, 9.17) is 16.3 Å². The minimum atomic E-state index is -0.737. The Morgan fingerprint density at radius 1 is 1.14 bits per heavy atom. The van der Waals surface area contributed by atoms with Crippen LogP contribution < -0.4 is 0 Å². The normalized spacial score (nSPS) is 10.2. The summed E-state index contributed by atoms with van der Waals surface area (Å²) in [7, 11) is 0. The van der Waals surface area contributed by atoms with Crippen LogP contribution >= 0.6 is 11.6 Å². The summed E-state index contributed by atoms with van der Waals surface area (Å²) in [5.41, 5.74) is 1.01. The second-order valence-electron chi connectivity index (χ2n) is 4.48. The number of Topliss-reactive ketones (excluding diaryl/α,β-unsaturated/α-hetero) is 1. The van der Waals surface area contributed by atoms with Crippen molar-refractivity contribution in [1.29, 1.82) is 0 Å². The number of carbonyl (C=O) groups excluding carboxylic acids is 2. The summed E-state index contributed by atoms with van der Waals surface area (Å²) in [5.74, 6) is -1.22. The van der Waals surface area contributed by atoms with Crippen LogP contribution in [0.25, 0.3) is 0 Å². The van der Waals surface area contributed by atoms with Gasteiger partial charge >= 0.3 is 5.97 Å². The molecule has 21 heavy (non-hydrogen) atoms. The van der Waals surface area contributed by atoms with Gasteiger partial charge in [0, 0.05) is 10.6 Å². The van der Waals surface area contributed by atoms with Gasteiger partial charge in [-0.05, 0) is 42.8 Å². The second-order valence-corrected chi connectivity index (χ2v) is 4.91. The van der Waals surface area contributed by atoms with Gasteiger partial charge in [-0.2, -0.15) is 0 Å². The van der Waals surface area contributed by atoms with Gasteiger partial charge in [0.25, 0.3) is 0 Å². The molecule has 0 saturated carbocycles. The number of esters is 1. The molecule has 0 bridgehead atoms. The molecule has 0 amide bonds. The van der Waals surface area contributed by atoms with Crippen LogP contribution in [0, 0.1) is 6.92 Å². The highest BCUT2D eigenvalue weighted by Gasteiger charge is 2.16. The average Bonchev–Trinajstić information content (AvgIpc) is 2.48. The Bertz CT molecular complexity index is 677. The predicted molar refractivity (Wildman–Crippen MR) is 78.9 cm³/mol. The lowest BCUT2D eigenvalue weighted by molar-refractivity contribution is 0.0471. The van der Waals surface area contributed by atoms with Gasteiger partial charge in [-0.3, -0.25) is 4.79 Å². The van der Waals surface area contributed by atoms with Crippen molar-refractivity contribution in [3.05, 3.63) is 64.2 Å². The monoisotopic (exact) mass is 304 g/mol. The summed E-state index contributed by atoms with van der Waals surface area (Å²) >= 11 is 5.73. The number of carbonyl (C=O) groups is 2. The minimum absolute atomic E-state index is 0.0407. The van der Waals surface area contributed by atoms with Crippen molar-refractivity contribution in [2.45, 2.75) is 6.92 Å². The molecule has 0 aromatic heterocycles. The van der Waals surface area contributed by atoms with Crippen LogP contribution in [0.5, 0.6) is 5.75 Å². The Kier molecular flexibility index (Phi) is 4.60. The molecule has 1 N–H and O–H groups in total. The van der Waals surface area contributed by atoms with Crippen molar-refractivity contribution in [2.24, 2.45) is 0 Å². The van der Waals surface area contributed by atoms with Crippen LogP contribution in [0.2, 0.25) is 5.02 Å². The van der Waals surface area contributed by atoms with E-state index >= 15 is 0 Å². The maximum Gasteiger partial charge on any atom is 0.342 e. The van der Waals surface area contributed by atoms with E-state index in [0.29, 0.717) is 16.1 Å². The molecule has 0 aliphatic heterocycles. The highest BCUT2D eigenvalue weighted by molar-refractivity contribution is 6.30. The number of ketones is 1. The van der Waals surface area contributed by atoms with Crippen LogP contribution in [-0.2, 0) is 4.74 Å². The van der Waals surface area contributed by atoms with Crippen molar-refractivity contribution in [2.75, 3.05) is 6.61 Å². The molecule has 2 aromatic carbocycles. The largest absolute Gasteiger partial charge is 0.507 e. The Morgan fingerprint density at radius 2 is 1.81 bits per heavy atom. The first-order valence-electron chi connectivity index (χ1n) is 6.23. The lowest BCUT2D eigenvalue weighted by atomic mass is 10.1. The molecule has 0 aliphatic carbocycles. The fourth-order valence-electron chi connectivity index (χ4n) is 1.75. The number of phenolic OH excluding ortho intramolecular Hbond substituents is 1. The van der Waals surface area contributed by atoms with E-state index < -0.39 is 12.6 Å². The van der Waals surface area contributed by atoms with E-state index in [9.17, 15) is 14.7 Å². The Hall–Kier alpha value is -2.33. The first kappa shape index (κ1) is 15.1. The lowest BCUT2D eigenvalue weighted by Gasteiger charge is -2.07. The van der Waals surface area contributed by atoms with Gasteiger partial charge in [-0.1, -0.05) is 23.7 Å². The fraction of sp³-hybridized carbons (Fsp3) is 0.125. The highest BCUT2D eigenvalue weighted by atomic mass is 35.5. The molecule has 0 fully saturated rings. The van der Waals surface area contributed by atoms with E-state index in [2.05, 4.69) is 0 Å². The summed E-state index contributed by atoms with van der Waals surface area (Å²) in [6, 6.07) is 11.0. The molecule has 0 spiro atoms. The number of aryl methyl sites for hydroxylation is 1. The van der Waals surface area contributed by atoms with Crippen molar-refractivity contribution < 1.29 is 19.4 Å². The summed E-state index contributed by atoms with van der Waals surface area (Å²) in [5, 5.41) is 10.3. The summed E-state index contributed by atoms with van der Waals surface area (Å²) in [6.07, 6.45) is 0. The van der Waals surface area contributed by atoms with E-state index in [-0.39, 0.29) is 17.1 Å². The molecular weight excluding hydrogens is 292 g/mol. The van der Waals surface area contributed by atoms with E-state index in [1.54, 1.807) is 43.3 Å². The number of para-hydroxylation sites is 1. The number of aromatic hydroxyl groups is 1.